The minimum Gasteiger partial charge on any atom is -0.315 e. The summed E-state index contributed by atoms with van der Waals surface area (Å²) in [5.41, 5.74) is 0. The van der Waals surface area contributed by atoms with Crippen molar-refractivity contribution in [3.63, 3.8) is 0 Å². The van der Waals surface area contributed by atoms with Gasteiger partial charge in [0.1, 0.15) is 6.04 Å². The first-order valence-electron chi connectivity index (χ1n) is 4.50. The van der Waals surface area contributed by atoms with Crippen LogP contribution in [0.1, 0.15) is 13.8 Å². The van der Waals surface area contributed by atoms with Crippen molar-refractivity contribution < 1.29 is 0 Å². The van der Waals surface area contributed by atoms with Gasteiger partial charge in [-0.3, -0.25) is 4.90 Å². The zero-order chi connectivity index (χ0) is 9.14. The third-order valence-corrected chi connectivity index (χ3v) is 2.48. The van der Waals surface area contributed by atoms with Gasteiger partial charge in [-0.05, 0) is 13.0 Å². The van der Waals surface area contributed by atoms with Gasteiger partial charge in [-0.25, -0.2) is 0 Å². The molecule has 1 aliphatic heterocycles. The van der Waals surface area contributed by atoms with Crippen LogP contribution in [0.4, 0.5) is 0 Å². The molecule has 0 bridgehead atoms. The molecule has 0 radical (unpaired) electrons. The van der Waals surface area contributed by atoms with Gasteiger partial charge in [0.25, 0.3) is 0 Å². The molecule has 68 valence electrons. The first kappa shape index (κ1) is 9.50. The molecule has 0 aliphatic carbocycles. The highest BCUT2D eigenvalue weighted by Crippen LogP contribution is 2.17. The highest BCUT2D eigenvalue weighted by Gasteiger charge is 2.32. The van der Waals surface area contributed by atoms with Crippen LogP contribution in [0, 0.1) is 17.2 Å². The zero-order valence-corrected chi connectivity index (χ0v) is 8.04. The monoisotopic (exact) mass is 167 g/mol. The Labute approximate surface area is 74.4 Å². The molecular weight excluding hydrogens is 150 g/mol. The molecule has 0 saturated carbocycles. The Bertz CT molecular complexity index is 177. The van der Waals surface area contributed by atoms with E-state index in [0.29, 0.717) is 12.0 Å². The van der Waals surface area contributed by atoms with E-state index in [2.05, 4.69) is 30.1 Å². The van der Waals surface area contributed by atoms with Crippen LogP contribution in [-0.2, 0) is 0 Å². The second-order valence-corrected chi connectivity index (χ2v) is 3.76. The Balaban J connectivity index is 2.35. The SMILES string of the molecule is CNC1CN([C@@H](C#N)C(C)C)C1. The maximum Gasteiger partial charge on any atom is 0.100 e. The Morgan fingerprint density at radius 1 is 1.50 bits per heavy atom. The molecule has 0 aromatic carbocycles. The van der Waals surface area contributed by atoms with Gasteiger partial charge >= 0.3 is 0 Å². The fraction of sp³-hybridized carbons (Fsp3) is 0.889. The molecule has 1 fully saturated rings. The number of nitrogens with one attached hydrogen (secondary N) is 1. The van der Waals surface area contributed by atoms with E-state index >= 15 is 0 Å². The predicted octanol–water partition coefficient (Wildman–Crippen LogP) is 0.438. The Kier molecular flexibility index (Phi) is 3.07. The van der Waals surface area contributed by atoms with E-state index in [-0.39, 0.29) is 6.04 Å². The normalized spacial score (nSPS) is 21.9. The van der Waals surface area contributed by atoms with Crippen molar-refractivity contribution in [3.05, 3.63) is 0 Å². The van der Waals surface area contributed by atoms with Crippen molar-refractivity contribution in [2.75, 3.05) is 20.1 Å². The summed E-state index contributed by atoms with van der Waals surface area (Å²) in [4.78, 5) is 2.23. The van der Waals surface area contributed by atoms with E-state index in [4.69, 9.17) is 5.26 Å². The summed E-state index contributed by atoms with van der Waals surface area (Å²) in [5.74, 6) is 0.438. The van der Waals surface area contributed by atoms with Gasteiger partial charge in [-0.2, -0.15) is 5.26 Å². The summed E-state index contributed by atoms with van der Waals surface area (Å²) in [6.07, 6.45) is 0. The van der Waals surface area contributed by atoms with E-state index in [9.17, 15) is 0 Å². The molecule has 1 N–H and O–H groups in total. The second kappa shape index (κ2) is 3.88. The van der Waals surface area contributed by atoms with E-state index in [1.807, 2.05) is 7.05 Å². The molecule has 1 atom stereocenters. The minimum atomic E-state index is 0.106. The van der Waals surface area contributed by atoms with Gasteiger partial charge in [0, 0.05) is 19.1 Å². The standard InChI is InChI=1S/C9H17N3/c1-7(2)9(4-10)12-5-8(6-12)11-3/h7-9,11H,5-6H2,1-3H3/t9-/m0/s1. The first-order chi connectivity index (χ1) is 5.69. The van der Waals surface area contributed by atoms with Crippen LogP contribution in [0.5, 0.6) is 0 Å². The van der Waals surface area contributed by atoms with Crippen LogP contribution in [-0.4, -0.2) is 37.1 Å². The minimum absolute atomic E-state index is 0.106. The highest BCUT2D eigenvalue weighted by molar-refractivity contribution is 5.00. The second-order valence-electron chi connectivity index (χ2n) is 3.76. The lowest BCUT2D eigenvalue weighted by Crippen LogP contribution is -2.61. The number of hydrogen-bond donors (Lipinski definition) is 1. The van der Waals surface area contributed by atoms with Crippen LogP contribution in [0.2, 0.25) is 0 Å². The fourth-order valence-electron chi connectivity index (χ4n) is 1.57. The third-order valence-electron chi connectivity index (χ3n) is 2.48. The Morgan fingerprint density at radius 2 is 2.08 bits per heavy atom. The van der Waals surface area contributed by atoms with Gasteiger partial charge in [-0.1, -0.05) is 13.8 Å². The van der Waals surface area contributed by atoms with Crippen molar-refractivity contribution in [2.24, 2.45) is 5.92 Å². The summed E-state index contributed by atoms with van der Waals surface area (Å²) in [6.45, 7) is 6.24. The smallest absolute Gasteiger partial charge is 0.100 e. The van der Waals surface area contributed by atoms with Crippen molar-refractivity contribution in [1.29, 1.82) is 5.26 Å². The molecular formula is C9H17N3. The topological polar surface area (TPSA) is 39.1 Å². The van der Waals surface area contributed by atoms with Crippen LogP contribution in [0.25, 0.3) is 0 Å². The number of nitriles is 1. The summed E-state index contributed by atoms with van der Waals surface area (Å²) >= 11 is 0. The lowest BCUT2D eigenvalue weighted by molar-refractivity contribution is 0.0833. The molecule has 1 rings (SSSR count). The maximum absolute atomic E-state index is 8.88. The molecule has 3 heteroatoms. The van der Waals surface area contributed by atoms with E-state index < -0.39 is 0 Å². The van der Waals surface area contributed by atoms with Gasteiger partial charge in [0.2, 0.25) is 0 Å². The van der Waals surface area contributed by atoms with Gasteiger partial charge < -0.3 is 5.32 Å². The molecule has 0 aromatic rings. The number of likely N-dealkylation sites (N-methyl/N-ethyl adjacent to an activating group) is 1. The molecule has 0 unspecified atom stereocenters. The van der Waals surface area contributed by atoms with Crippen LogP contribution < -0.4 is 5.32 Å². The molecule has 0 spiro atoms. The van der Waals surface area contributed by atoms with E-state index in [0.717, 1.165) is 13.1 Å². The first-order valence-corrected chi connectivity index (χ1v) is 4.50. The van der Waals surface area contributed by atoms with Crippen molar-refractivity contribution in [3.8, 4) is 6.07 Å². The van der Waals surface area contributed by atoms with E-state index in [1.54, 1.807) is 0 Å². The Morgan fingerprint density at radius 3 is 2.42 bits per heavy atom. The summed E-state index contributed by atoms with van der Waals surface area (Å²) in [7, 11) is 1.97. The summed E-state index contributed by atoms with van der Waals surface area (Å²) < 4.78 is 0. The number of nitrogens with zero attached hydrogens (tertiary/aromatic N) is 2. The zero-order valence-electron chi connectivity index (χ0n) is 8.04. The maximum atomic E-state index is 8.88. The number of likely N-dealkylation sites (tertiary alicyclic amines) is 1. The molecule has 0 amide bonds. The van der Waals surface area contributed by atoms with Gasteiger partial charge in [0.05, 0.1) is 6.07 Å². The summed E-state index contributed by atoms with van der Waals surface area (Å²) in [6, 6.07) is 3.05. The Hall–Kier alpha value is -0.590. The number of hydrogen-bond acceptors (Lipinski definition) is 3. The largest absolute Gasteiger partial charge is 0.315 e. The molecule has 3 nitrogen and oxygen atoms in total. The molecule has 12 heavy (non-hydrogen) atoms. The van der Waals surface area contributed by atoms with Crippen LogP contribution in [0.3, 0.4) is 0 Å². The predicted molar refractivity (Wildman–Crippen MR) is 48.7 cm³/mol. The van der Waals surface area contributed by atoms with Gasteiger partial charge in [0.15, 0.2) is 0 Å². The quantitative estimate of drug-likeness (QED) is 0.663. The highest BCUT2D eigenvalue weighted by atomic mass is 15.3. The van der Waals surface area contributed by atoms with Crippen LogP contribution in [0.15, 0.2) is 0 Å². The molecule has 1 heterocycles. The average Bonchev–Trinajstić information content (AvgIpc) is 1.94. The average molecular weight is 167 g/mol. The van der Waals surface area contributed by atoms with Crippen molar-refractivity contribution >= 4 is 0 Å². The molecule has 0 aromatic heterocycles. The third kappa shape index (κ3) is 1.77. The fourth-order valence-corrected chi connectivity index (χ4v) is 1.57. The number of rotatable bonds is 3. The van der Waals surface area contributed by atoms with Crippen LogP contribution >= 0.6 is 0 Å². The molecule has 1 aliphatic rings. The lowest BCUT2D eigenvalue weighted by Gasteiger charge is -2.42. The summed E-state index contributed by atoms with van der Waals surface area (Å²) in [5, 5.41) is 12.1. The van der Waals surface area contributed by atoms with Gasteiger partial charge in [-0.15, -0.1) is 0 Å². The lowest BCUT2D eigenvalue weighted by atomic mass is 9.98. The molecule has 1 saturated heterocycles. The van der Waals surface area contributed by atoms with Crippen molar-refractivity contribution in [1.82, 2.24) is 10.2 Å². The van der Waals surface area contributed by atoms with E-state index in [1.165, 1.54) is 0 Å². The van der Waals surface area contributed by atoms with Crippen molar-refractivity contribution in [2.45, 2.75) is 25.9 Å².